The number of hydrogen-bond acceptors (Lipinski definition) is 3. The minimum Gasteiger partial charge on any atom is -0.464 e. The highest BCUT2D eigenvalue weighted by atomic mass is 19.4. The molecule has 0 aliphatic heterocycles. The highest BCUT2D eigenvalue weighted by Gasteiger charge is 2.63. The van der Waals surface area contributed by atoms with Crippen LogP contribution in [-0.2, 0) is 20.7 Å². The van der Waals surface area contributed by atoms with E-state index in [1.54, 1.807) is 32.0 Å². The molecule has 140 valence electrons. The zero-order valence-electron chi connectivity index (χ0n) is 13.6. The number of halogens is 5. The van der Waals surface area contributed by atoms with Crippen molar-refractivity contribution >= 4 is 11.9 Å². The van der Waals surface area contributed by atoms with E-state index < -0.39 is 30.0 Å². The van der Waals surface area contributed by atoms with Crippen LogP contribution in [0, 0.1) is 5.92 Å². The summed E-state index contributed by atoms with van der Waals surface area (Å²) in [6.07, 6.45) is -6.34. The van der Waals surface area contributed by atoms with Crippen molar-refractivity contribution in [3.63, 3.8) is 0 Å². The van der Waals surface area contributed by atoms with Crippen molar-refractivity contribution in [1.29, 1.82) is 0 Å². The molecular weight excluding hydrogens is 349 g/mol. The van der Waals surface area contributed by atoms with Crippen LogP contribution in [-0.4, -0.2) is 36.6 Å². The Kier molecular flexibility index (Phi) is 6.89. The van der Waals surface area contributed by atoms with Gasteiger partial charge in [-0.05, 0) is 11.5 Å². The zero-order valence-corrected chi connectivity index (χ0v) is 13.6. The lowest BCUT2D eigenvalue weighted by molar-refractivity contribution is -0.270. The van der Waals surface area contributed by atoms with E-state index in [2.05, 4.69) is 0 Å². The second-order valence-electron chi connectivity index (χ2n) is 5.81. The SMILES string of the molecule is CC(C)COC(=O)C(Cc1ccccc1)NC(=O)C(F)(F)C(F)(F)F. The van der Waals surface area contributed by atoms with Gasteiger partial charge in [0, 0.05) is 6.42 Å². The molecule has 1 amide bonds. The van der Waals surface area contributed by atoms with Gasteiger partial charge in [0.25, 0.3) is 0 Å². The predicted molar refractivity (Wildman–Crippen MR) is 78.9 cm³/mol. The highest BCUT2D eigenvalue weighted by molar-refractivity contribution is 5.89. The largest absolute Gasteiger partial charge is 0.464 e. The third kappa shape index (κ3) is 5.99. The first-order valence-electron chi connectivity index (χ1n) is 7.41. The van der Waals surface area contributed by atoms with Gasteiger partial charge in [-0.25, -0.2) is 4.79 Å². The van der Waals surface area contributed by atoms with E-state index >= 15 is 0 Å². The summed E-state index contributed by atoms with van der Waals surface area (Å²) in [5, 5.41) is 1.45. The average Bonchev–Trinajstić information content (AvgIpc) is 2.51. The Labute approximate surface area is 141 Å². The minimum atomic E-state index is -6.06. The van der Waals surface area contributed by atoms with Gasteiger partial charge in [0.1, 0.15) is 6.04 Å². The number of esters is 1. The van der Waals surface area contributed by atoms with Crippen molar-refractivity contribution in [2.24, 2.45) is 5.92 Å². The second kappa shape index (κ2) is 8.26. The summed E-state index contributed by atoms with van der Waals surface area (Å²) in [5.74, 6) is -9.36. The van der Waals surface area contributed by atoms with Gasteiger partial charge < -0.3 is 10.1 Å². The summed E-state index contributed by atoms with van der Waals surface area (Å²) >= 11 is 0. The lowest BCUT2D eigenvalue weighted by atomic mass is 10.1. The maximum atomic E-state index is 13.1. The number of rotatable bonds is 7. The first-order valence-corrected chi connectivity index (χ1v) is 7.41. The number of amides is 1. The van der Waals surface area contributed by atoms with Gasteiger partial charge in [0.2, 0.25) is 0 Å². The number of hydrogen-bond donors (Lipinski definition) is 1. The number of carbonyl (C=O) groups is 2. The predicted octanol–water partition coefficient (Wildman–Crippen LogP) is 3.11. The minimum absolute atomic E-state index is 0.0599. The molecule has 1 rings (SSSR count). The summed E-state index contributed by atoms with van der Waals surface area (Å²) < 4.78 is 67.9. The van der Waals surface area contributed by atoms with Crippen LogP contribution in [0.5, 0.6) is 0 Å². The van der Waals surface area contributed by atoms with E-state index in [0.29, 0.717) is 5.56 Å². The van der Waals surface area contributed by atoms with Gasteiger partial charge in [-0.15, -0.1) is 0 Å². The van der Waals surface area contributed by atoms with Gasteiger partial charge in [-0.2, -0.15) is 22.0 Å². The average molecular weight is 367 g/mol. The van der Waals surface area contributed by atoms with Gasteiger partial charge in [-0.3, -0.25) is 4.79 Å². The summed E-state index contributed by atoms with van der Waals surface area (Å²) in [7, 11) is 0. The quantitative estimate of drug-likeness (QED) is 0.595. The molecule has 0 bridgehead atoms. The maximum absolute atomic E-state index is 13.1. The molecule has 0 aromatic heterocycles. The van der Waals surface area contributed by atoms with Crippen LogP contribution in [0.25, 0.3) is 0 Å². The Hall–Kier alpha value is -2.19. The Morgan fingerprint density at radius 3 is 2.12 bits per heavy atom. The molecule has 0 saturated heterocycles. The fourth-order valence-electron chi connectivity index (χ4n) is 1.77. The third-order valence-corrected chi connectivity index (χ3v) is 3.07. The Balaban J connectivity index is 2.94. The third-order valence-electron chi connectivity index (χ3n) is 3.07. The lowest BCUT2D eigenvalue weighted by Crippen LogP contribution is -2.55. The van der Waals surface area contributed by atoms with E-state index in [0.717, 1.165) is 0 Å². The van der Waals surface area contributed by atoms with Crippen molar-refractivity contribution in [2.75, 3.05) is 6.61 Å². The molecular formula is C16H18F5NO3. The Bertz CT molecular complexity index is 587. The van der Waals surface area contributed by atoms with Crippen LogP contribution in [0.4, 0.5) is 22.0 Å². The van der Waals surface area contributed by atoms with E-state index in [-0.39, 0.29) is 18.9 Å². The van der Waals surface area contributed by atoms with Crippen molar-refractivity contribution in [2.45, 2.75) is 38.4 Å². The van der Waals surface area contributed by atoms with Gasteiger partial charge >= 0.3 is 24.0 Å². The lowest BCUT2D eigenvalue weighted by Gasteiger charge is -2.23. The van der Waals surface area contributed by atoms with Crippen molar-refractivity contribution in [3.05, 3.63) is 35.9 Å². The van der Waals surface area contributed by atoms with Crippen LogP contribution < -0.4 is 5.32 Å². The molecule has 1 N–H and O–H groups in total. The summed E-state index contributed by atoms with van der Waals surface area (Å²) in [4.78, 5) is 23.4. The number of benzene rings is 1. The smallest absolute Gasteiger partial charge is 0.463 e. The fourth-order valence-corrected chi connectivity index (χ4v) is 1.77. The monoisotopic (exact) mass is 367 g/mol. The van der Waals surface area contributed by atoms with Crippen molar-refractivity contribution < 1.29 is 36.3 Å². The van der Waals surface area contributed by atoms with E-state index in [4.69, 9.17) is 4.74 Å². The fraction of sp³-hybridized carbons (Fsp3) is 0.500. The molecule has 1 unspecified atom stereocenters. The van der Waals surface area contributed by atoms with Crippen molar-refractivity contribution in [1.82, 2.24) is 5.32 Å². The molecule has 0 saturated carbocycles. The standard InChI is InChI=1S/C16H18F5NO3/c1-10(2)9-25-13(23)12(8-11-6-4-3-5-7-11)22-14(24)15(17,18)16(19,20)21/h3-7,10,12H,8-9H2,1-2H3,(H,22,24). The number of nitrogens with one attached hydrogen (secondary N) is 1. The normalized spacial score (nSPS) is 13.4. The van der Waals surface area contributed by atoms with Gasteiger partial charge in [0.15, 0.2) is 0 Å². The van der Waals surface area contributed by atoms with E-state index in [9.17, 15) is 31.5 Å². The Morgan fingerprint density at radius 2 is 1.64 bits per heavy atom. The number of ether oxygens (including phenoxy) is 1. The molecule has 0 radical (unpaired) electrons. The maximum Gasteiger partial charge on any atom is 0.463 e. The van der Waals surface area contributed by atoms with Gasteiger partial charge in [-0.1, -0.05) is 44.2 Å². The zero-order chi connectivity index (χ0) is 19.3. The highest BCUT2D eigenvalue weighted by Crippen LogP contribution is 2.35. The molecule has 4 nitrogen and oxygen atoms in total. The summed E-state index contributed by atoms with van der Waals surface area (Å²) in [6.45, 7) is 3.38. The topological polar surface area (TPSA) is 55.4 Å². The molecule has 9 heteroatoms. The van der Waals surface area contributed by atoms with Gasteiger partial charge in [0.05, 0.1) is 6.61 Å². The number of carbonyl (C=O) groups excluding carboxylic acids is 2. The van der Waals surface area contributed by atoms with Crippen molar-refractivity contribution in [3.8, 4) is 0 Å². The molecule has 0 spiro atoms. The molecule has 1 aromatic carbocycles. The van der Waals surface area contributed by atoms with Crippen LogP contribution in [0.3, 0.4) is 0 Å². The van der Waals surface area contributed by atoms with Crippen LogP contribution in [0.1, 0.15) is 19.4 Å². The number of alkyl halides is 5. The van der Waals surface area contributed by atoms with Crippen LogP contribution >= 0.6 is 0 Å². The molecule has 25 heavy (non-hydrogen) atoms. The second-order valence-corrected chi connectivity index (χ2v) is 5.81. The molecule has 0 aliphatic rings. The van der Waals surface area contributed by atoms with Crippen LogP contribution in [0.15, 0.2) is 30.3 Å². The molecule has 0 heterocycles. The van der Waals surface area contributed by atoms with E-state index in [1.807, 2.05) is 0 Å². The molecule has 0 aliphatic carbocycles. The van der Waals surface area contributed by atoms with E-state index in [1.165, 1.54) is 17.4 Å². The molecule has 1 atom stereocenters. The van der Waals surface area contributed by atoms with Crippen LogP contribution in [0.2, 0.25) is 0 Å². The first-order chi connectivity index (χ1) is 11.4. The Morgan fingerprint density at radius 1 is 1.08 bits per heavy atom. The summed E-state index contributed by atoms with van der Waals surface area (Å²) in [6, 6.07) is 6.26. The summed E-state index contributed by atoms with van der Waals surface area (Å²) in [5.41, 5.74) is 0.463. The molecule has 1 aromatic rings. The first kappa shape index (κ1) is 20.9. The molecule has 0 fully saturated rings.